The molecule has 0 unspecified atom stereocenters. The first-order valence-corrected chi connectivity index (χ1v) is 7.86. The summed E-state index contributed by atoms with van der Waals surface area (Å²) in [4.78, 5) is 9.39. The first-order valence-electron chi connectivity index (χ1n) is 7.05. The molecule has 0 spiro atoms. The van der Waals surface area contributed by atoms with Crippen molar-refractivity contribution >= 4 is 32.4 Å². The van der Waals surface area contributed by atoms with E-state index in [0.717, 1.165) is 22.9 Å². The molecule has 0 amide bonds. The number of benzene rings is 1. The van der Waals surface area contributed by atoms with Crippen LogP contribution < -0.4 is 10.6 Å². The van der Waals surface area contributed by atoms with Crippen molar-refractivity contribution in [2.45, 2.75) is 24.8 Å². The van der Waals surface area contributed by atoms with Gasteiger partial charge in [0.15, 0.2) is 5.13 Å². The van der Waals surface area contributed by atoms with E-state index in [1.807, 2.05) is 18.2 Å². The third kappa shape index (κ3) is 2.25. The largest absolute Gasteiger partial charge is 0.399 e. The topological polar surface area (TPSA) is 45.4 Å². The highest BCUT2D eigenvalue weighted by molar-refractivity contribution is 7.22. The van der Waals surface area contributed by atoms with Gasteiger partial charge in [0.1, 0.15) is 0 Å². The van der Waals surface area contributed by atoms with E-state index in [1.54, 1.807) is 11.3 Å². The molecule has 2 N–H and O–H groups in total. The average molecular weight is 290 g/mol. The van der Waals surface area contributed by atoms with Crippen LogP contribution >= 0.6 is 11.3 Å². The molecule has 5 heteroatoms. The van der Waals surface area contributed by atoms with Crippen molar-refractivity contribution in [1.82, 2.24) is 9.88 Å². The van der Waals surface area contributed by atoms with Crippen LogP contribution in [0.1, 0.15) is 19.3 Å². The van der Waals surface area contributed by atoms with E-state index in [9.17, 15) is 0 Å². The van der Waals surface area contributed by atoms with Crippen molar-refractivity contribution in [3.05, 3.63) is 18.2 Å². The van der Waals surface area contributed by atoms with E-state index in [1.165, 1.54) is 24.0 Å². The number of thiazole rings is 1. The number of nitrogens with two attached hydrogens (primary N) is 1. The van der Waals surface area contributed by atoms with E-state index in [2.05, 4.69) is 30.9 Å². The van der Waals surface area contributed by atoms with Gasteiger partial charge in [-0.25, -0.2) is 4.98 Å². The maximum atomic E-state index is 5.84. The lowest BCUT2D eigenvalue weighted by molar-refractivity contribution is 0.0683. The first-order chi connectivity index (χ1) is 9.50. The van der Waals surface area contributed by atoms with Gasteiger partial charge in [0, 0.05) is 24.8 Å². The van der Waals surface area contributed by atoms with Crippen LogP contribution in [0.5, 0.6) is 0 Å². The summed E-state index contributed by atoms with van der Waals surface area (Å²) < 4.78 is 1.17. The minimum Gasteiger partial charge on any atom is -0.399 e. The Kier molecular flexibility index (Phi) is 3.34. The first kappa shape index (κ1) is 13.6. The normalized spacial score (nSPS) is 17.4. The van der Waals surface area contributed by atoms with Crippen molar-refractivity contribution in [1.29, 1.82) is 0 Å². The molecule has 0 radical (unpaired) electrons. The van der Waals surface area contributed by atoms with Crippen molar-refractivity contribution < 1.29 is 0 Å². The van der Waals surface area contributed by atoms with Gasteiger partial charge in [-0.1, -0.05) is 11.3 Å². The van der Waals surface area contributed by atoms with Crippen LogP contribution in [0.3, 0.4) is 0 Å². The molecule has 1 aromatic heterocycles. The number of likely N-dealkylation sites (N-methyl/N-ethyl adjacent to an activating group) is 2. The summed E-state index contributed by atoms with van der Waals surface area (Å²) in [6.07, 6.45) is 3.90. The summed E-state index contributed by atoms with van der Waals surface area (Å²) in [5, 5.41) is 1.08. The van der Waals surface area contributed by atoms with Gasteiger partial charge in [-0.05, 0) is 51.6 Å². The Labute approximate surface area is 124 Å². The summed E-state index contributed by atoms with van der Waals surface area (Å²) in [6.45, 7) is 1.04. The quantitative estimate of drug-likeness (QED) is 0.880. The molecule has 4 nitrogen and oxygen atoms in total. The Balaban J connectivity index is 1.83. The summed E-state index contributed by atoms with van der Waals surface area (Å²) in [7, 11) is 6.52. The van der Waals surface area contributed by atoms with Gasteiger partial charge in [0.2, 0.25) is 0 Å². The van der Waals surface area contributed by atoms with Gasteiger partial charge in [-0.3, -0.25) is 0 Å². The van der Waals surface area contributed by atoms with Crippen LogP contribution in [0.15, 0.2) is 18.2 Å². The van der Waals surface area contributed by atoms with Crippen LogP contribution in [0, 0.1) is 0 Å². The Morgan fingerprint density at radius 3 is 2.65 bits per heavy atom. The molecule has 0 bridgehead atoms. The second-order valence-electron chi connectivity index (χ2n) is 6.05. The molecule has 1 saturated carbocycles. The minimum absolute atomic E-state index is 0.325. The monoisotopic (exact) mass is 290 g/mol. The highest BCUT2D eigenvalue weighted by Gasteiger charge is 2.40. The van der Waals surface area contributed by atoms with Crippen LogP contribution in [0.2, 0.25) is 0 Å². The van der Waals surface area contributed by atoms with E-state index in [4.69, 9.17) is 10.7 Å². The zero-order chi connectivity index (χ0) is 14.3. The second-order valence-corrected chi connectivity index (χ2v) is 7.06. The predicted octanol–water partition coefficient (Wildman–Crippen LogP) is 2.80. The fourth-order valence-corrected chi connectivity index (χ4v) is 3.91. The molecule has 108 valence electrons. The average Bonchev–Trinajstić information content (AvgIpc) is 2.75. The third-order valence-corrected chi connectivity index (χ3v) is 5.62. The zero-order valence-corrected chi connectivity index (χ0v) is 13.2. The minimum atomic E-state index is 0.325. The molecular formula is C15H22N4S. The Morgan fingerprint density at radius 1 is 1.30 bits per heavy atom. The van der Waals surface area contributed by atoms with Gasteiger partial charge in [0.05, 0.1) is 10.2 Å². The summed E-state index contributed by atoms with van der Waals surface area (Å²) in [6, 6.07) is 5.93. The molecular weight excluding hydrogens is 268 g/mol. The SMILES string of the molecule is CN(CC1(N(C)C)CCC1)c1nc2ccc(N)cc2s1. The molecule has 2 aromatic rings. The van der Waals surface area contributed by atoms with Crippen LogP contribution in [0.25, 0.3) is 10.2 Å². The number of nitrogens with zero attached hydrogens (tertiary/aromatic N) is 3. The number of hydrogen-bond acceptors (Lipinski definition) is 5. The van der Waals surface area contributed by atoms with Crippen molar-refractivity contribution in [3.8, 4) is 0 Å². The standard InChI is InChI=1S/C15H22N4S/c1-18(2)15(7-4-8-15)10-19(3)14-17-12-6-5-11(16)9-13(12)20-14/h5-6,9H,4,7-8,10,16H2,1-3H3. The third-order valence-electron chi connectivity index (χ3n) is 4.49. The van der Waals surface area contributed by atoms with E-state index in [-0.39, 0.29) is 0 Å². The van der Waals surface area contributed by atoms with Crippen molar-refractivity contribution in [3.63, 3.8) is 0 Å². The maximum absolute atomic E-state index is 5.84. The van der Waals surface area contributed by atoms with E-state index >= 15 is 0 Å². The fourth-order valence-electron chi connectivity index (χ4n) is 2.93. The Morgan fingerprint density at radius 2 is 2.05 bits per heavy atom. The number of anilines is 2. The predicted molar refractivity (Wildman–Crippen MR) is 87.6 cm³/mol. The molecule has 1 aliphatic carbocycles. The van der Waals surface area contributed by atoms with Gasteiger partial charge in [-0.2, -0.15) is 0 Å². The number of nitrogen functional groups attached to an aromatic ring is 1. The molecule has 0 aliphatic heterocycles. The molecule has 0 saturated heterocycles. The fraction of sp³-hybridized carbons (Fsp3) is 0.533. The molecule has 3 rings (SSSR count). The van der Waals surface area contributed by atoms with E-state index in [0.29, 0.717) is 5.54 Å². The molecule has 1 fully saturated rings. The second kappa shape index (κ2) is 4.90. The maximum Gasteiger partial charge on any atom is 0.186 e. The van der Waals surface area contributed by atoms with Crippen LogP contribution in [-0.4, -0.2) is 43.1 Å². The zero-order valence-electron chi connectivity index (χ0n) is 12.4. The molecule has 1 aliphatic rings. The number of fused-ring (bicyclic) bond motifs is 1. The smallest absolute Gasteiger partial charge is 0.186 e. The Bertz CT molecular complexity index is 615. The highest BCUT2D eigenvalue weighted by atomic mass is 32.1. The number of rotatable bonds is 4. The Hall–Kier alpha value is -1.33. The van der Waals surface area contributed by atoms with Crippen molar-refractivity contribution in [2.75, 3.05) is 38.3 Å². The summed E-state index contributed by atoms with van der Waals surface area (Å²) in [5.74, 6) is 0. The van der Waals surface area contributed by atoms with Crippen molar-refractivity contribution in [2.24, 2.45) is 0 Å². The molecule has 1 heterocycles. The van der Waals surface area contributed by atoms with Gasteiger partial charge >= 0.3 is 0 Å². The van der Waals surface area contributed by atoms with Gasteiger partial charge in [-0.15, -0.1) is 0 Å². The van der Waals surface area contributed by atoms with Gasteiger partial charge in [0.25, 0.3) is 0 Å². The lowest BCUT2D eigenvalue weighted by atomic mass is 9.75. The number of hydrogen-bond donors (Lipinski definition) is 1. The molecule has 20 heavy (non-hydrogen) atoms. The van der Waals surface area contributed by atoms with Crippen LogP contribution in [0.4, 0.5) is 10.8 Å². The van der Waals surface area contributed by atoms with E-state index < -0.39 is 0 Å². The lowest BCUT2D eigenvalue weighted by Crippen LogP contribution is -2.56. The summed E-state index contributed by atoms with van der Waals surface area (Å²) in [5.41, 5.74) is 8.01. The highest BCUT2D eigenvalue weighted by Crippen LogP contribution is 2.38. The molecule has 0 atom stereocenters. The molecule has 1 aromatic carbocycles. The number of aromatic nitrogens is 1. The van der Waals surface area contributed by atoms with Gasteiger partial charge < -0.3 is 15.5 Å². The lowest BCUT2D eigenvalue weighted by Gasteiger charge is -2.49. The van der Waals surface area contributed by atoms with Crippen LogP contribution in [-0.2, 0) is 0 Å². The summed E-state index contributed by atoms with van der Waals surface area (Å²) >= 11 is 1.72.